The fourth-order valence-electron chi connectivity index (χ4n) is 2.61. The van der Waals surface area contributed by atoms with Crippen molar-refractivity contribution < 1.29 is 24.9 Å². The van der Waals surface area contributed by atoms with Crippen LogP contribution >= 0.6 is 0 Å². The minimum atomic E-state index is -1.07. The van der Waals surface area contributed by atoms with Crippen LogP contribution in [0.25, 0.3) is 0 Å². The van der Waals surface area contributed by atoms with E-state index < -0.39 is 11.9 Å². The Morgan fingerprint density at radius 3 is 2.15 bits per heavy atom. The molecular formula is C14H17NO5. The minimum Gasteiger partial charge on any atom is -0.508 e. The van der Waals surface area contributed by atoms with E-state index in [0.29, 0.717) is 0 Å². The van der Waals surface area contributed by atoms with E-state index in [4.69, 9.17) is 5.11 Å². The van der Waals surface area contributed by atoms with E-state index in [-0.39, 0.29) is 29.6 Å². The van der Waals surface area contributed by atoms with Crippen molar-refractivity contribution in [2.24, 2.45) is 0 Å². The van der Waals surface area contributed by atoms with Crippen LogP contribution < -0.4 is 0 Å². The predicted octanol–water partition coefficient (Wildman–Crippen LogP) is 1.57. The summed E-state index contributed by atoms with van der Waals surface area (Å²) in [5, 5.41) is 27.8. The van der Waals surface area contributed by atoms with E-state index in [9.17, 15) is 19.8 Å². The number of carbonyl (C=O) groups is 2. The van der Waals surface area contributed by atoms with Crippen LogP contribution in [0.1, 0.15) is 36.0 Å². The van der Waals surface area contributed by atoms with Gasteiger partial charge in [0.25, 0.3) is 5.91 Å². The van der Waals surface area contributed by atoms with Crippen molar-refractivity contribution in [3.8, 4) is 11.5 Å². The second-order valence-corrected chi connectivity index (χ2v) is 5.00. The van der Waals surface area contributed by atoms with E-state index in [2.05, 4.69) is 0 Å². The number of amides is 1. The summed E-state index contributed by atoms with van der Waals surface area (Å²) in [5.41, 5.74) is 0.0932. The molecule has 1 aliphatic rings. The van der Waals surface area contributed by atoms with Gasteiger partial charge < -0.3 is 20.2 Å². The van der Waals surface area contributed by atoms with Crippen LogP contribution in [-0.4, -0.2) is 44.7 Å². The Hall–Kier alpha value is -2.24. The zero-order valence-electron chi connectivity index (χ0n) is 11.0. The third-order valence-electron chi connectivity index (χ3n) is 3.48. The lowest BCUT2D eigenvalue weighted by molar-refractivity contribution is -0.138. The molecule has 0 aliphatic heterocycles. The number of rotatable bonds is 4. The van der Waals surface area contributed by atoms with Gasteiger partial charge in [-0.2, -0.15) is 0 Å². The summed E-state index contributed by atoms with van der Waals surface area (Å²) in [7, 11) is 0. The van der Waals surface area contributed by atoms with Crippen molar-refractivity contribution >= 4 is 11.9 Å². The number of carboxylic acids is 1. The Kier molecular flexibility index (Phi) is 4.12. The van der Waals surface area contributed by atoms with Crippen molar-refractivity contribution in [1.29, 1.82) is 0 Å². The predicted molar refractivity (Wildman–Crippen MR) is 70.7 cm³/mol. The molecule has 0 aromatic heterocycles. The largest absolute Gasteiger partial charge is 0.508 e. The lowest BCUT2D eigenvalue weighted by atomic mass is 10.1. The number of hydrogen-bond acceptors (Lipinski definition) is 4. The molecule has 1 amide bonds. The molecule has 1 saturated carbocycles. The molecule has 1 fully saturated rings. The molecule has 3 N–H and O–H groups in total. The first-order valence-electron chi connectivity index (χ1n) is 6.53. The maximum Gasteiger partial charge on any atom is 0.323 e. The van der Waals surface area contributed by atoms with Crippen molar-refractivity contribution in [2.45, 2.75) is 31.7 Å². The molecule has 0 unspecified atom stereocenters. The molecule has 0 radical (unpaired) electrons. The monoisotopic (exact) mass is 279 g/mol. The van der Waals surface area contributed by atoms with Crippen LogP contribution in [0.15, 0.2) is 18.2 Å². The summed E-state index contributed by atoms with van der Waals surface area (Å²) in [6, 6.07) is 3.48. The highest BCUT2D eigenvalue weighted by molar-refractivity contribution is 5.96. The fraction of sp³-hybridized carbons (Fsp3) is 0.429. The van der Waals surface area contributed by atoms with Gasteiger partial charge in [0.1, 0.15) is 18.0 Å². The second-order valence-electron chi connectivity index (χ2n) is 5.00. The highest BCUT2D eigenvalue weighted by Crippen LogP contribution is 2.27. The smallest absolute Gasteiger partial charge is 0.323 e. The van der Waals surface area contributed by atoms with Crippen molar-refractivity contribution in [3.63, 3.8) is 0 Å². The summed E-state index contributed by atoms with van der Waals surface area (Å²) in [6.07, 6.45) is 3.51. The lowest BCUT2D eigenvalue weighted by Crippen LogP contribution is -2.42. The van der Waals surface area contributed by atoms with Crippen LogP contribution in [0.3, 0.4) is 0 Å². The van der Waals surface area contributed by atoms with Gasteiger partial charge in [0, 0.05) is 17.7 Å². The fourth-order valence-corrected chi connectivity index (χ4v) is 2.61. The molecule has 20 heavy (non-hydrogen) atoms. The number of benzene rings is 1. The molecule has 0 atom stereocenters. The number of phenols is 2. The summed E-state index contributed by atoms with van der Waals surface area (Å²) >= 11 is 0. The highest BCUT2D eigenvalue weighted by atomic mass is 16.4. The number of hydrogen-bond donors (Lipinski definition) is 3. The van der Waals surface area contributed by atoms with Gasteiger partial charge in [-0.05, 0) is 25.0 Å². The van der Waals surface area contributed by atoms with Crippen molar-refractivity contribution in [1.82, 2.24) is 4.90 Å². The summed E-state index contributed by atoms with van der Waals surface area (Å²) in [6.45, 7) is -0.375. The average molecular weight is 279 g/mol. The molecule has 1 aromatic rings. The van der Waals surface area contributed by atoms with Crippen LogP contribution in [0.5, 0.6) is 11.5 Å². The normalized spacial score (nSPS) is 15.2. The Morgan fingerprint density at radius 1 is 1.10 bits per heavy atom. The Bertz CT molecular complexity index is 502. The molecule has 0 spiro atoms. The van der Waals surface area contributed by atoms with Crippen molar-refractivity contribution in [3.05, 3.63) is 23.8 Å². The SMILES string of the molecule is O=C(O)CN(C(=O)c1cc(O)cc(O)c1)C1CCCC1. The van der Waals surface area contributed by atoms with E-state index in [1.54, 1.807) is 0 Å². The first-order chi connectivity index (χ1) is 9.47. The Labute approximate surface area is 116 Å². The van der Waals surface area contributed by atoms with Gasteiger partial charge in [-0.25, -0.2) is 0 Å². The molecule has 108 valence electrons. The molecule has 0 heterocycles. The van der Waals surface area contributed by atoms with Gasteiger partial charge in [0.15, 0.2) is 0 Å². The zero-order valence-corrected chi connectivity index (χ0v) is 11.0. The van der Waals surface area contributed by atoms with Gasteiger partial charge in [-0.1, -0.05) is 12.8 Å². The topological polar surface area (TPSA) is 98.1 Å². The quantitative estimate of drug-likeness (QED) is 0.777. The molecule has 1 aromatic carbocycles. The number of nitrogens with zero attached hydrogens (tertiary/aromatic N) is 1. The van der Waals surface area contributed by atoms with E-state index in [0.717, 1.165) is 31.7 Å². The highest BCUT2D eigenvalue weighted by Gasteiger charge is 2.29. The zero-order chi connectivity index (χ0) is 14.7. The first kappa shape index (κ1) is 14.2. The number of aromatic hydroxyl groups is 2. The summed E-state index contributed by atoms with van der Waals surface area (Å²) < 4.78 is 0. The van der Waals surface area contributed by atoms with Gasteiger partial charge >= 0.3 is 5.97 Å². The summed E-state index contributed by atoms with van der Waals surface area (Å²) in [4.78, 5) is 24.7. The standard InChI is InChI=1S/C14H17NO5/c16-11-5-9(6-12(17)7-11)14(20)15(8-13(18)19)10-3-1-2-4-10/h5-7,10,16-17H,1-4,8H2,(H,18,19). The van der Waals surface area contributed by atoms with Gasteiger partial charge in [-0.15, -0.1) is 0 Å². The number of carboxylic acid groups (broad SMARTS) is 1. The van der Waals surface area contributed by atoms with Gasteiger partial charge in [0.05, 0.1) is 0 Å². The Morgan fingerprint density at radius 2 is 1.65 bits per heavy atom. The third kappa shape index (κ3) is 3.20. The van der Waals surface area contributed by atoms with Crippen LogP contribution in [0, 0.1) is 0 Å². The average Bonchev–Trinajstić information content (AvgIpc) is 2.87. The maximum absolute atomic E-state index is 12.4. The molecule has 6 heteroatoms. The van der Waals surface area contributed by atoms with Gasteiger partial charge in [0.2, 0.25) is 0 Å². The van der Waals surface area contributed by atoms with Crippen LogP contribution in [0.2, 0.25) is 0 Å². The van der Waals surface area contributed by atoms with E-state index in [1.807, 2.05) is 0 Å². The Balaban J connectivity index is 2.26. The molecular weight excluding hydrogens is 262 g/mol. The molecule has 6 nitrogen and oxygen atoms in total. The second kappa shape index (κ2) is 5.81. The van der Waals surface area contributed by atoms with Gasteiger partial charge in [-0.3, -0.25) is 9.59 Å². The molecule has 0 bridgehead atoms. The lowest BCUT2D eigenvalue weighted by Gasteiger charge is -2.27. The number of aliphatic carboxylic acids is 1. The third-order valence-corrected chi connectivity index (χ3v) is 3.48. The number of carbonyl (C=O) groups excluding carboxylic acids is 1. The van der Waals surface area contributed by atoms with Crippen LogP contribution in [0.4, 0.5) is 0 Å². The van der Waals surface area contributed by atoms with E-state index in [1.165, 1.54) is 17.0 Å². The summed E-state index contributed by atoms with van der Waals surface area (Å²) in [5.74, 6) is -2.01. The maximum atomic E-state index is 12.4. The van der Waals surface area contributed by atoms with Crippen molar-refractivity contribution in [2.75, 3.05) is 6.54 Å². The van der Waals surface area contributed by atoms with E-state index >= 15 is 0 Å². The molecule has 2 rings (SSSR count). The molecule has 0 saturated heterocycles. The van der Waals surface area contributed by atoms with Crippen LogP contribution in [-0.2, 0) is 4.79 Å². The number of phenolic OH excluding ortho intramolecular Hbond substituents is 2. The first-order valence-corrected chi connectivity index (χ1v) is 6.53. The minimum absolute atomic E-state index is 0.0932. The molecule has 1 aliphatic carbocycles.